The second-order valence-electron chi connectivity index (χ2n) is 9.52. The van der Waals surface area contributed by atoms with Crippen molar-refractivity contribution in [1.29, 1.82) is 0 Å². The number of likely N-dealkylation sites (tertiary alicyclic amines) is 1. The number of hydrogen-bond acceptors (Lipinski definition) is 4. The van der Waals surface area contributed by atoms with E-state index in [4.69, 9.17) is 27.9 Å². The van der Waals surface area contributed by atoms with Gasteiger partial charge in [0, 0.05) is 42.7 Å². The van der Waals surface area contributed by atoms with Crippen molar-refractivity contribution < 1.29 is 32.3 Å². The van der Waals surface area contributed by atoms with E-state index in [0.29, 0.717) is 26.7 Å². The highest BCUT2D eigenvalue weighted by molar-refractivity contribution is 6.42. The van der Waals surface area contributed by atoms with Crippen molar-refractivity contribution in [3.8, 4) is 5.75 Å². The Morgan fingerprint density at radius 2 is 1.52 bits per heavy atom. The number of Topliss-reactive ketones (excluding diaryl/α,β-unsaturated/α-hetero) is 1. The molecule has 210 valence electrons. The monoisotopic (exact) mass is 592 g/mol. The number of rotatable bonds is 6. The average molecular weight is 593 g/mol. The van der Waals surface area contributed by atoms with Crippen LogP contribution in [0.5, 0.6) is 5.75 Å². The number of amides is 2. The summed E-state index contributed by atoms with van der Waals surface area (Å²) >= 11 is 12.4. The average Bonchev–Trinajstić information content (AvgIpc) is 3.38. The number of nitrogens with zero attached hydrogens (tertiary/aromatic N) is 2. The fourth-order valence-corrected chi connectivity index (χ4v) is 5.17. The molecule has 0 N–H and O–H groups in total. The maximum Gasteiger partial charge on any atom is 0.419 e. The van der Waals surface area contributed by atoms with Crippen LogP contribution in [0.3, 0.4) is 0 Å². The molecule has 0 aliphatic carbocycles. The van der Waals surface area contributed by atoms with Gasteiger partial charge >= 0.3 is 6.18 Å². The van der Waals surface area contributed by atoms with Crippen LogP contribution in [0.25, 0.3) is 0 Å². The van der Waals surface area contributed by atoms with E-state index in [-0.39, 0.29) is 30.3 Å². The van der Waals surface area contributed by atoms with Crippen molar-refractivity contribution in [3.63, 3.8) is 0 Å². The lowest BCUT2D eigenvalue weighted by atomic mass is 9.93. The summed E-state index contributed by atoms with van der Waals surface area (Å²) in [6.45, 7) is 1.75. The van der Waals surface area contributed by atoms with Crippen molar-refractivity contribution in [2.45, 2.75) is 25.1 Å². The molecule has 11 heteroatoms. The van der Waals surface area contributed by atoms with Crippen LogP contribution in [0.4, 0.5) is 13.2 Å². The lowest BCUT2D eigenvalue weighted by molar-refractivity contribution is -0.138. The zero-order valence-corrected chi connectivity index (χ0v) is 23.3. The lowest BCUT2D eigenvalue weighted by Gasteiger charge is -2.29. The number of carbonyl (C=O) groups excluding carboxylic acids is 3. The topological polar surface area (TPSA) is 66.9 Å². The van der Waals surface area contributed by atoms with Crippen LogP contribution in [-0.2, 0) is 6.18 Å². The maximum atomic E-state index is 13.6. The molecule has 2 atom stereocenters. The number of halogens is 5. The third-order valence-corrected chi connectivity index (χ3v) is 7.80. The zero-order valence-electron chi connectivity index (χ0n) is 21.8. The van der Waals surface area contributed by atoms with Gasteiger partial charge in [0.05, 0.1) is 28.8 Å². The molecule has 1 fully saturated rings. The van der Waals surface area contributed by atoms with E-state index in [2.05, 4.69) is 0 Å². The van der Waals surface area contributed by atoms with Crippen LogP contribution in [-0.4, -0.2) is 60.7 Å². The van der Waals surface area contributed by atoms with Crippen LogP contribution in [0.1, 0.15) is 55.0 Å². The summed E-state index contributed by atoms with van der Waals surface area (Å²) in [7, 11) is 2.61. The molecular weight excluding hydrogens is 568 g/mol. The molecule has 0 spiro atoms. The molecule has 2 amide bonds. The zero-order chi connectivity index (χ0) is 29.4. The predicted octanol–water partition coefficient (Wildman–Crippen LogP) is 6.60. The van der Waals surface area contributed by atoms with Crippen LogP contribution in [0.2, 0.25) is 10.0 Å². The Kier molecular flexibility index (Phi) is 8.46. The first-order valence-corrected chi connectivity index (χ1v) is 12.9. The number of carbonyl (C=O) groups is 3. The summed E-state index contributed by atoms with van der Waals surface area (Å²) in [5.74, 6) is -1.90. The molecule has 1 saturated heterocycles. The SMILES string of the molecule is COc1ccc(C(=O)N(C)C2CN(C(=O)c3ccc(C(C)=O)cc3)CC2c2ccc(Cl)c(Cl)c2)cc1C(F)(F)F. The van der Waals surface area contributed by atoms with E-state index in [0.717, 1.165) is 19.2 Å². The molecular formula is C29H25Cl2F3N2O4. The Labute approximate surface area is 239 Å². The normalized spacial score (nSPS) is 17.1. The summed E-state index contributed by atoms with van der Waals surface area (Å²) < 4.78 is 45.7. The van der Waals surface area contributed by atoms with Gasteiger partial charge in [0.1, 0.15) is 5.75 Å². The minimum absolute atomic E-state index is 0.114. The molecule has 40 heavy (non-hydrogen) atoms. The summed E-state index contributed by atoms with van der Waals surface area (Å²) in [6, 6.07) is 13.8. The molecule has 0 saturated carbocycles. The van der Waals surface area contributed by atoms with Crippen LogP contribution in [0, 0.1) is 0 Å². The molecule has 2 unspecified atom stereocenters. The lowest BCUT2D eigenvalue weighted by Crippen LogP contribution is -2.42. The third-order valence-electron chi connectivity index (χ3n) is 7.06. The van der Waals surface area contributed by atoms with E-state index >= 15 is 0 Å². The first-order valence-electron chi connectivity index (χ1n) is 12.2. The standard InChI is InChI=1S/C29H25Cl2F3N2O4/c1-16(37)17-4-6-18(7-5-17)28(39)36-14-21(19-8-10-23(30)24(31)13-19)25(15-36)35(2)27(38)20-9-11-26(40-3)22(12-20)29(32,33)34/h4-13,21,25H,14-15H2,1-3H3. The minimum atomic E-state index is -4.72. The van der Waals surface area contributed by atoms with Gasteiger partial charge in [-0.2, -0.15) is 13.2 Å². The Hall–Kier alpha value is -3.56. The van der Waals surface area contributed by atoms with Gasteiger partial charge in [-0.15, -0.1) is 0 Å². The predicted molar refractivity (Wildman–Crippen MR) is 145 cm³/mol. The number of benzene rings is 3. The van der Waals surface area contributed by atoms with Gasteiger partial charge in [0.2, 0.25) is 0 Å². The van der Waals surface area contributed by atoms with Crippen molar-refractivity contribution in [1.82, 2.24) is 9.80 Å². The molecule has 3 aromatic rings. The van der Waals surface area contributed by atoms with Gasteiger partial charge in [-0.1, -0.05) is 41.4 Å². The van der Waals surface area contributed by atoms with E-state index < -0.39 is 35.4 Å². The van der Waals surface area contributed by atoms with Gasteiger partial charge in [-0.3, -0.25) is 14.4 Å². The second kappa shape index (κ2) is 11.5. The second-order valence-corrected chi connectivity index (χ2v) is 10.3. The van der Waals surface area contributed by atoms with Gasteiger partial charge in [0.25, 0.3) is 11.8 Å². The highest BCUT2D eigenvalue weighted by atomic mass is 35.5. The molecule has 0 aromatic heterocycles. The molecule has 1 aliphatic heterocycles. The number of ketones is 1. The first-order chi connectivity index (χ1) is 18.8. The fraction of sp³-hybridized carbons (Fsp3) is 0.276. The Bertz CT molecular complexity index is 1460. The Balaban J connectivity index is 1.68. The Morgan fingerprint density at radius 3 is 2.10 bits per heavy atom. The molecule has 1 heterocycles. The number of ether oxygens (including phenoxy) is 1. The van der Waals surface area contributed by atoms with E-state index in [1.807, 2.05) is 0 Å². The molecule has 0 radical (unpaired) electrons. The summed E-state index contributed by atoms with van der Waals surface area (Å²) in [4.78, 5) is 41.4. The van der Waals surface area contributed by atoms with Gasteiger partial charge < -0.3 is 14.5 Å². The highest BCUT2D eigenvalue weighted by Gasteiger charge is 2.41. The smallest absolute Gasteiger partial charge is 0.419 e. The molecule has 1 aliphatic rings. The Morgan fingerprint density at radius 1 is 0.900 bits per heavy atom. The first kappa shape index (κ1) is 29.4. The highest BCUT2D eigenvalue weighted by Crippen LogP contribution is 2.38. The van der Waals surface area contributed by atoms with E-state index in [1.54, 1.807) is 47.4 Å². The van der Waals surface area contributed by atoms with Crippen LogP contribution >= 0.6 is 23.2 Å². The minimum Gasteiger partial charge on any atom is -0.496 e. The van der Waals surface area contributed by atoms with Crippen molar-refractivity contribution in [2.24, 2.45) is 0 Å². The fourth-order valence-electron chi connectivity index (χ4n) is 4.86. The van der Waals surface area contributed by atoms with E-state index in [9.17, 15) is 27.6 Å². The number of methoxy groups -OCH3 is 1. The number of hydrogen-bond donors (Lipinski definition) is 0. The molecule has 0 bridgehead atoms. The maximum absolute atomic E-state index is 13.6. The van der Waals surface area contributed by atoms with Crippen molar-refractivity contribution in [3.05, 3.63) is 98.5 Å². The van der Waals surface area contributed by atoms with Crippen LogP contribution in [0.15, 0.2) is 60.7 Å². The summed E-state index contributed by atoms with van der Waals surface area (Å²) in [5.41, 5.74) is 0.303. The molecule has 3 aromatic carbocycles. The third kappa shape index (κ3) is 5.95. The van der Waals surface area contributed by atoms with Gasteiger partial charge in [0.15, 0.2) is 5.78 Å². The largest absolute Gasteiger partial charge is 0.496 e. The van der Waals surface area contributed by atoms with E-state index in [1.165, 1.54) is 24.9 Å². The van der Waals surface area contributed by atoms with Crippen molar-refractivity contribution in [2.75, 3.05) is 27.2 Å². The van der Waals surface area contributed by atoms with Crippen LogP contribution < -0.4 is 4.74 Å². The van der Waals surface area contributed by atoms with Gasteiger partial charge in [-0.05, 0) is 55.0 Å². The molecule has 4 rings (SSSR count). The van der Waals surface area contributed by atoms with Crippen molar-refractivity contribution >= 4 is 40.8 Å². The molecule has 6 nitrogen and oxygen atoms in total. The summed E-state index contributed by atoms with van der Waals surface area (Å²) in [5, 5.41) is 0.627. The summed E-state index contributed by atoms with van der Waals surface area (Å²) in [6.07, 6.45) is -4.72. The quantitative estimate of drug-likeness (QED) is 0.302. The number of alkyl halides is 3. The van der Waals surface area contributed by atoms with Gasteiger partial charge in [-0.25, -0.2) is 0 Å². The number of likely N-dealkylation sites (N-methyl/N-ethyl adjacent to an activating group) is 1.